The molecule has 1 atom stereocenters. The fraction of sp³-hybridized carbons (Fsp3) is 1.00. The van der Waals surface area contributed by atoms with E-state index in [0.29, 0.717) is 0 Å². The smallest absolute Gasteiger partial charge is 0.0537 e. The summed E-state index contributed by atoms with van der Waals surface area (Å²) in [5, 5.41) is 9.30. The summed E-state index contributed by atoms with van der Waals surface area (Å²) in [5.41, 5.74) is 0. The molecule has 100 valence electrons. The second kappa shape index (κ2) is 17.4. The molecule has 1 nitrogen and oxygen atoms in total. The van der Waals surface area contributed by atoms with E-state index in [1.54, 1.807) is 0 Å². The first-order valence-corrected chi connectivity index (χ1v) is 7.40. The number of rotatable bonds is 9. The fourth-order valence-electron chi connectivity index (χ4n) is 1.54. The van der Waals surface area contributed by atoms with Crippen LogP contribution < -0.4 is 0 Å². The van der Waals surface area contributed by atoms with E-state index < -0.39 is 0 Å². The first-order chi connectivity index (χ1) is 7.72. The zero-order valence-electron chi connectivity index (χ0n) is 12.1. The summed E-state index contributed by atoms with van der Waals surface area (Å²) in [5.74, 6) is 0. The van der Waals surface area contributed by atoms with Gasteiger partial charge in [-0.1, -0.05) is 79.1 Å². The summed E-state index contributed by atoms with van der Waals surface area (Å²) in [4.78, 5) is 0. The van der Waals surface area contributed by atoms with E-state index in [2.05, 4.69) is 20.8 Å². The fourth-order valence-corrected chi connectivity index (χ4v) is 1.54. The highest BCUT2D eigenvalue weighted by Gasteiger charge is 1.99. The number of aliphatic hydroxyl groups excluding tert-OH is 1. The molecule has 0 heterocycles. The predicted octanol–water partition coefficient (Wildman–Crippen LogP) is 5.31. The second-order valence-corrected chi connectivity index (χ2v) is 4.68. The van der Waals surface area contributed by atoms with E-state index in [9.17, 15) is 5.11 Å². The number of unbranched alkanes of at least 4 members (excludes halogenated alkanes) is 6. The van der Waals surface area contributed by atoms with Crippen molar-refractivity contribution in [2.75, 3.05) is 0 Å². The van der Waals surface area contributed by atoms with Crippen LogP contribution in [0.2, 0.25) is 0 Å². The van der Waals surface area contributed by atoms with Crippen LogP contribution in [0, 0.1) is 0 Å². The van der Waals surface area contributed by atoms with Crippen molar-refractivity contribution in [1.29, 1.82) is 0 Å². The van der Waals surface area contributed by atoms with Crippen LogP contribution in [0.5, 0.6) is 0 Å². The van der Waals surface area contributed by atoms with Crippen molar-refractivity contribution in [3.05, 3.63) is 0 Å². The van der Waals surface area contributed by atoms with Crippen molar-refractivity contribution >= 4 is 0 Å². The van der Waals surface area contributed by atoms with Crippen molar-refractivity contribution in [3.63, 3.8) is 0 Å². The van der Waals surface area contributed by atoms with Gasteiger partial charge in [0.05, 0.1) is 6.10 Å². The first-order valence-electron chi connectivity index (χ1n) is 7.40. The maximum Gasteiger partial charge on any atom is 0.0537 e. The third kappa shape index (κ3) is 19.5. The largest absolute Gasteiger partial charge is 0.393 e. The van der Waals surface area contributed by atoms with E-state index in [1.165, 1.54) is 51.4 Å². The second-order valence-electron chi connectivity index (χ2n) is 4.68. The summed E-state index contributed by atoms with van der Waals surface area (Å²) >= 11 is 0. The number of hydrogen-bond donors (Lipinski definition) is 1. The van der Waals surface area contributed by atoms with E-state index in [1.807, 2.05) is 6.92 Å². The number of hydrogen-bond acceptors (Lipinski definition) is 1. The van der Waals surface area contributed by atoms with E-state index in [-0.39, 0.29) is 6.10 Å². The summed E-state index contributed by atoms with van der Waals surface area (Å²) < 4.78 is 0. The zero-order chi connectivity index (χ0) is 12.6. The quantitative estimate of drug-likeness (QED) is 0.532. The molecular formula is C15H34O. The van der Waals surface area contributed by atoms with Crippen molar-refractivity contribution < 1.29 is 5.11 Å². The third-order valence-electron chi connectivity index (χ3n) is 2.61. The van der Waals surface area contributed by atoms with Gasteiger partial charge in [-0.25, -0.2) is 0 Å². The van der Waals surface area contributed by atoms with Crippen LogP contribution in [-0.2, 0) is 0 Å². The van der Waals surface area contributed by atoms with Crippen LogP contribution in [0.15, 0.2) is 0 Å². The van der Waals surface area contributed by atoms with Gasteiger partial charge >= 0.3 is 0 Å². The van der Waals surface area contributed by atoms with Crippen molar-refractivity contribution in [3.8, 4) is 0 Å². The average molecular weight is 230 g/mol. The minimum Gasteiger partial charge on any atom is -0.393 e. The third-order valence-corrected chi connectivity index (χ3v) is 2.61. The SMILES string of the molecule is CCC.CCCCCCCCCC(O)CC. The molecule has 1 unspecified atom stereocenters. The van der Waals surface area contributed by atoms with Crippen molar-refractivity contribution in [1.82, 2.24) is 0 Å². The molecule has 0 amide bonds. The Hall–Kier alpha value is -0.0400. The first kappa shape index (κ1) is 18.3. The minimum atomic E-state index is -0.0457. The standard InChI is InChI=1S/C12H26O.C3H8/c1-3-5-6-7-8-9-10-11-12(13)4-2;1-3-2/h12-13H,3-11H2,1-2H3;3H2,1-2H3. The summed E-state index contributed by atoms with van der Waals surface area (Å²) in [6.07, 6.45) is 12.5. The lowest BCUT2D eigenvalue weighted by Gasteiger charge is -2.06. The highest BCUT2D eigenvalue weighted by atomic mass is 16.3. The van der Waals surface area contributed by atoms with E-state index in [0.717, 1.165) is 12.8 Å². The molecule has 0 saturated carbocycles. The lowest BCUT2D eigenvalue weighted by molar-refractivity contribution is 0.156. The Bertz CT molecular complexity index is 102. The van der Waals surface area contributed by atoms with E-state index in [4.69, 9.17) is 0 Å². The molecule has 0 aromatic heterocycles. The van der Waals surface area contributed by atoms with Gasteiger partial charge in [0.2, 0.25) is 0 Å². The molecular weight excluding hydrogens is 196 g/mol. The molecule has 0 bridgehead atoms. The summed E-state index contributed by atoms with van der Waals surface area (Å²) in [6.45, 7) is 8.55. The molecule has 0 spiro atoms. The minimum absolute atomic E-state index is 0.0457. The molecule has 1 heteroatoms. The predicted molar refractivity (Wildman–Crippen MR) is 74.9 cm³/mol. The van der Waals surface area contributed by atoms with Gasteiger partial charge in [0.25, 0.3) is 0 Å². The molecule has 0 aliphatic carbocycles. The normalized spacial score (nSPS) is 11.8. The highest BCUT2D eigenvalue weighted by Crippen LogP contribution is 2.10. The van der Waals surface area contributed by atoms with E-state index >= 15 is 0 Å². The van der Waals surface area contributed by atoms with Crippen LogP contribution in [0.1, 0.15) is 91.9 Å². The Balaban J connectivity index is 0. The van der Waals surface area contributed by atoms with Gasteiger partial charge in [-0.05, 0) is 12.8 Å². The average Bonchev–Trinajstić information content (AvgIpc) is 2.28. The molecule has 0 fully saturated rings. The Kier molecular flexibility index (Phi) is 19.9. The maximum absolute atomic E-state index is 9.30. The molecule has 0 saturated heterocycles. The van der Waals surface area contributed by atoms with Crippen LogP contribution in [0.25, 0.3) is 0 Å². The molecule has 0 rings (SSSR count). The van der Waals surface area contributed by atoms with Crippen molar-refractivity contribution in [2.24, 2.45) is 0 Å². The Morgan fingerprint density at radius 1 is 0.750 bits per heavy atom. The van der Waals surface area contributed by atoms with Crippen LogP contribution in [0.3, 0.4) is 0 Å². The molecule has 0 aliphatic rings. The van der Waals surface area contributed by atoms with Crippen molar-refractivity contribution in [2.45, 2.75) is 98.0 Å². The Morgan fingerprint density at radius 2 is 1.19 bits per heavy atom. The van der Waals surface area contributed by atoms with Gasteiger partial charge in [-0.3, -0.25) is 0 Å². The van der Waals surface area contributed by atoms with Crippen LogP contribution in [0.4, 0.5) is 0 Å². The monoisotopic (exact) mass is 230 g/mol. The van der Waals surface area contributed by atoms with Gasteiger partial charge in [0, 0.05) is 0 Å². The summed E-state index contributed by atoms with van der Waals surface area (Å²) in [7, 11) is 0. The molecule has 0 aromatic carbocycles. The van der Waals surface area contributed by atoms with Gasteiger partial charge < -0.3 is 5.11 Å². The molecule has 0 aromatic rings. The maximum atomic E-state index is 9.30. The zero-order valence-corrected chi connectivity index (χ0v) is 12.1. The molecule has 1 N–H and O–H groups in total. The topological polar surface area (TPSA) is 20.2 Å². The lowest BCUT2D eigenvalue weighted by atomic mass is 10.1. The van der Waals surface area contributed by atoms with Gasteiger partial charge in [-0.15, -0.1) is 0 Å². The van der Waals surface area contributed by atoms with Gasteiger partial charge in [-0.2, -0.15) is 0 Å². The number of aliphatic hydroxyl groups is 1. The molecule has 16 heavy (non-hydrogen) atoms. The molecule has 0 radical (unpaired) electrons. The van der Waals surface area contributed by atoms with Crippen LogP contribution >= 0.6 is 0 Å². The lowest BCUT2D eigenvalue weighted by Crippen LogP contribution is -2.03. The Labute approximate surface area is 104 Å². The van der Waals surface area contributed by atoms with Crippen LogP contribution in [-0.4, -0.2) is 11.2 Å². The van der Waals surface area contributed by atoms with Gasteiger partial charge in [0.15, 0.2) is 0 Å². The van der Waals surface area contributed by atoms with Gasteiger partial charge in [0.1, 0.15) is 0 Å². The molecule has 0 aliphatic heterocycles. The Morgan fingerprint density at radius 3 is 1.62 bits per heavy atom. The highest BCUT2D eigenvalue weighted by molar-refractivity contribution is 4.53. The summed E-state index contributed by atoms with van der Waals surface area (Å²) in [6, 6.07) is 0.